The highest BCUT2D eigenvalue weighted by molar-refractivity contribution is 5.75. The van der Waals surface area contributed by atoms with Crippen molar-refractivity contribution in [1.82, 2.24) is 9.97 Å². The third-order valence-corrected chi connectivity index (χ3v) is 3.25. The first kappa shape index (κ1) is 16.9. The highest BCUT2D eigenvalue weighted by atomic mass is 16.6. The number of aliphatic carboxylic acids is 1. The van der Waals surface area contributed by atoms with Crippen LogP contribution in [-0.2, 0) is 4.79 Å². The number of aromatic nitrogens is 2. The molecule has 126 valence electrons. The van der Waals surface area contributed by atoms with Gasteiger partial charge in [0.25, 0.3) is 0 Å². The summed E-state index contributed by atoms with van der Waals surface area (Å²) >= 11 is 0. The number of carbonyl (C=O) groups is 1. The zero-order valence-electron chi connectivity index (χ0n) is 13.0. The van der Waals surface area contributed by atoms with Crippen LogP contribution in [0.3, 0.4) is 0 Å². The summed E-state index contributed by atoms with van der Waals surface area (Å²) in [5.41, 5.74) is 7.73. The Balaban J connectivity index is 2.42. The number of carbonyl (C=O) groups excluding carboxylic acids is 1. The Morgan fingerprint density at radius 3 is 2.58 bits per heavy atom. The molecule has 1 aromatic carbocycles. The van der Waals surface area contributed by atoms with Crippen LogP contribution < -0.4 is 21.5 Å². The maximum atomic E-state index is 11.2. The molecule has 2 aromatic rings. The fourth-order valence-corrected chi connectivity index (χ4v) is 1.93. The van der Waals surface area contributed by atoms with E-state index in [1.807, 2.05) is 19.9 Å². The van der Waals surface area contributed by atoms with Crippen LogP contribution in [0.1, 0.15) is 11.1 Å². The van der Waals surface area contributed by atoms with E-state index in [0.717, 1.165) is 11.1 Å². The molecule has 0 saturated heterocycles. The molecule has 1 heterocycles. The fraction of sp³-hybridized carbons (Fsp3) is 0.214. The number of nitrogens with zero attached hydrogens (tertiary/aromatic N) is 3. The fourth-order valence-electron chi connectivity index (χ4n) is 1.93. The number of hydrogen-bond acceptors (Lipinski definition) is 9. The van der Waals surface area contributed by atoms with Crippen LogP contribution in [0.5, 0.6) is 0 Å². The van der Waals surface area contributed by atoms with Gasteiger partial charge in [-0.15, -0.1) is 0 Å². The molecule has 0 radical (unpaired) electrons. The van der Waals surface area contributed by atoms with Crippen molar-refractivity contribution in [3.05, 3.63) is 39.4 Å². The van der Waals surface area contributed by atoms with Gasteiger partial charge in [-0.1, -0.05) is 6.07 Å². The summed E-state index contributed by atoms with van der Waals surface area (Å²) in [6, 6.07) is 5.38. The monoisotopic (exact) mass is 331 g/mol. The number of nitrogens with one attached hydrogen (secondary N) is 2. The minimum atomic E-state index is -1.38. The molecular weight excluding hydrogens is 316 g/mol. The number of carboxylic acids is 1. The first-order valence-electron chi connectivity index (χ1n) is 6.88. The topological polar surface area (TPSA) is 159 Å². The summed E-state index contributed by atoms with van der Waals surface area (Å²) in [6.07, 6.45) is 0. The highest BCUT2D eigenvalue weighted by Crippen LogP contribution is 2.31. The Morgan fingerprint density at radius 2 is 2.00 bits per heavy atom. The van der Waals surface area contributed by atoms with Crippen molar-refractivity contribution in [1.29, 1.82) is 0 Å². The van der Waals surface area contributed by atoms with Gasteiger partial charge in [0.05, 0.1) is 17.4 Å². The second-order valence-corrected chi connectivity index (χ2v) is 5.04. The zero-order valence-corrected chi connectivity index (χ0v) is 13.0. The van der Waals surface area contributed by atoms with Gasteiger partial charge in [0.2, 0.25) is 17.6 Å². The Kier molecular flexibility index (Phi) is 4.78. The number of benzene rings is 1. The van der Waals surface area contributed by atoms with E-state index >= 15 is 0 Å². The summed E-state index contributed by atoms with van der Waals surface area (Å²) < 4.78 is 0. The third kappa shape index (κ3) is 3.85. The Bertz CT molecular complexity index is 808. The lowest BCUT2D eigenvalue weighted by Gasteiger charge is -2.12. The maximum absolute atomic E-state index is 11.2. The molecule has 0 aliphatic rings. The molecule has 0 aliphatic carbocycles. The highest BCUT2D eigenvalue weighted by Gasteiger charge is 2.23. The molecule has 1 aromatic heterocycles. The van der Waals surface area contributed by atoms with Crippen molar-refractivity contribution in [3.63, 3.8) is 0 Å². The van der Waals surface area contributed by atoms with Gasteiger partial charge in [-0.05, 0) is 37.1 Å². The van der Waals surface area contributed by atoms with Crippen LogP contribution in [0.25, 0.3) is 0 Å². The van der Waals surface area contributed by atoms with Gasteiger partial charge in [0.15, 0.2) is 0 Å². The SMILES string of the molecule is Cc1ccc(Nc2nc(NCC(=O)[O-])nc(N)c2[N+](=O)[O-])cc1C. The lowest BCUT2D eigenvalue weighted by Crippen LogP contribution is -2.30. The first-order valence-corrected chi connectivity index (χ1v) is 6.88. The lowest BCUT2D eigenvalue weighted by atomic mass is 10.1. The first-order chi connectivity index (χ1) is 11.3. The zero-order chi connectivity index (χ0) is 17.9. The molecule has 4 N–H and O–H groups in total. The molecule has 0 saturated carbocycles. The number of nitro groups is 1. The Labute approximate surface area is 136 Å². The molecule has 10 nitrogen and oxygen atoms in total. The predicted molar refractivity (Wildman–Crippen MR) is 85.8 cm³/mol. The molecular formula is C14H15N6O4-. The van der Waals surface area contributed by atoms with Crippen molar-refractivity contribution in [2.24, 2.45) is 0 Å². The van der Waals surface area contributed by atoms with E-state index in [4.69, 9.17) is 5.73 Å². The molecule has 2 rings (SSSR count). The van der Waals surface area contributed by atoms with Crippen molar-refractivity contribution in [2.45, 2.75) is 13.8 Å². The third-order valence-electron chi connectivity index (χ3n) is 3.25. The second kappa shape index (κ2) is 6.77. The largest absolute Gasteiger partial charge is 0.548 e. The van der Waals surface area contributed by atoms with E-state index in [1.54, 1.807) is 12.1 Å². The van der Waals surface area contributed by atoms with Crippen LogP contribution in [0.15, 0.2) is 18.2 Å². The van der Waals surface area contributed by atoms with Gasteiger partial charge >= 0.3 is 5.69 Å². The van der Waals surface area contributed by atoms with E-state index in [2.05, 4.69) is 20.6 Å². The van der Waals surface area contributed by atoms with E-state index in [0.29, 0.717) is 5.69 Å². The molecule has 0 amide bonds. The van der Waals surface area contributed by atoms with Gasteiger partial charge in [-0.3, -0.25) is 10.1 Å². The average molecular weight is 331 g/mol. The van der Waals surface area contributed by atoms with Gasteiger partial charge in [-0.25, -0.2) is 0 Å². The van der Waals surface area contributed by atoms with Crippen molar-refractivity contribution in [2.75, 3.05) is 22.9 Å². The lowest BCUT2D eigenvalue weighted by molar-refractivity contribution is -0.383. The average Bonchev–Trinajstić information content (AvgIpc) is 2.48. The van der Waals surface area contributed by atoms with Crippen LogP contribution in [0.2, 0.25) is 0 Å². The minimum Gasteiger partial charge on any atom is -0.548 e. The number of carboxylic acid groups (broad SMARTS) is 1. The molecule has 0 bridgehead atoms. The van der Waals surface area contributed by atoms with Crippen LogP contribution in [0, 0.1) is 24.0 Å². The molecule has 0 spiro atoms. The number of nitrogens with two attached hydrogens (primary N) is 1. The molecule has 0 atom stereocenters. The van der Waals surface area contributed by atoms with Crippen LogP contribution in [-0.4, -0.2) is 27.4 Å². The van der Waals surface area contributed by atoms with E-state index in [-0.39, 0.29) is 17.6 Å². The summed E-state index contributed by atoms with van der Waals surface area (Å²) in [5.74, 6) is -2.06. The Hall–Kier alpha value is -3.43. The van der Waals surface area contributed by atoms with E-state index in [9.17, 15) is 20.0 Å². The van der Waals surface area contributed by atoms with Crippen LogP contribution >= 0.6 is 0 Å². The number of hydrogen-bond donors (Lipinski definition) is 3. The normalized spacial score (nSPS) is 10.2. The van der Waals surface area contributed by atoms with Crippen molar-refractivity contribution in [3.8, 4) is 0 Å². The van der Waals surface area contributed by atoms with Gasteiger partial charge in [-0.2, -0.15) is 9.97 Å². The van der Waals surface area contributed by atoms with E-state index < -0.39 is 23.1 Å². The number of anilines is 4. The molecule has 10 heteroatoms. The minimum absolute atomic E-state index is 0.142. The predicted octanol–water partition coefficient (Wildman–Crippen LogP) is 0.489. The smallest absolute Gasteiger partial charge is 0.353 e. The maximum Gasteiger partial charge on any atom is 0.353 e. The standard InChI is InChI=1S/C14H16N6O4/c1-7-3-4-9(5-8(7)2)17-13-11(20(23)24)12(15)18-14(19-13)16-6-10(21)22/h3-5H,6H2,1-2H3,(H,21,22)(H4,15,16,17,18,19)/p-1. The van der Waals surface area contributed by atoms with Gasteiger partial charge in [0.1, 0.15) is 0 Å². The molecule has 24 heavy (non-hydrogen) atoms. The number of aryl methyl sites for hydroxylation is 2. The second-order valence-electron chi connectivity index (χ2n) is 5.04. The quantitative estimate of drug-likeness (QED) is 0.505. The summed E-state index contributed by atoms with van der Waals surface area (Å²) in [4.78, 5) is 28.6. The number of rotatable bonds is 6. The number of nitrogen functional groups attached to an aromatic ring is 1. The molecule has 0 fully saturated rings. The van der Waals surface area contributed by atoms with Crippen molar-refractivity contribution >= 4 is 34.9 Å². The van der Waals surface area contributed by atoms with E-state index in [1.165, 1.54) is 0 Å². The van der Waals surface area contributed by atoms with Gasteiger partial charge < -0.3 is 26.3 Å². The summed E-state index contributed by atoms with van der Waals surface area (Å²) in [6.45, 7) is 3.28. The summed E-state index contributed by atoms with van der Waals surface area (Å²) in [5, 5.41) is 26.9. The Morgan fingerprint density at radius 1 is 1.29 bits per heavy atom. The summed E-state index contributed by atoms with van der Waals surface area (Å²) in [7, 11) is 0. The molecule has 0 unspecified atom stereocenters. The van der Waals surface area contributed by atoms with Crippen LogP contribution in [0.4, 0.5) is 29.0 Å². The van der Waals surface area contributed by atoms with Crippen molar-refractivity contribution < 1.29 is 14.8 Å². The van der Waals surface area contributed by atoms with Gasteiger partial charge in [0, 0.05) is 5.69 Å². The molecule has 0 aliphatic heterocycles.